The minimum Gasteiger partial charge on any atom is -0.390 e. The molecule has 0 aromatic rings. The van der Waals surface area contributed by atoms with Gasteiger partial charge in [0.1, 0.15) is 0 Å². The molecule has 4 aliphatic heterocycles. The van der Waals surface area contributed by atoms with E-state index in [1.54, 1.807) is 0 Å². The second-order valence-electron chi connectivity index (χ2n) is 5.49. The zero-order valence-corrected chi connectivity index (χ0v) is 10.9. The van der Waals surface area contributed by atoms with Crippen LogP contribution in [0.1, 0.15) is 0 Å². The molecule has 8 nitrogen and oxygen atoms in total. The molecule has 0 spiro atoms. The summed E-state index contributed by atoms with van der Waals surface area (Å²) in [5.74, 6) is -0.444. The predicted octanol–water partition coefficient (Wildman–Crippen LogP) is -2.58. The van der Waals surface area contributed by atoms with Crippen LogP contribution in [0.2, 0.25) is 0 Å². The second-order valence-corrected chi connectivity index (χ2v) is 5.49. The summed E-state index contributed by atoms with van der Waals surface area (Å²) < 4.78 is 20.1. The van der Waals surface area contributed by atoms with Crippen LogP contribution in [-0.2, 0) is 18.9 Å². The number of aliphatic hydroxyl groups is 4. The van der Waals surface area contributed by atoms with Crippen molar-refractivity contribution < 1.29 is 39.4 Å². The molecule has 8 heteroatoms. The molecular formula is C12H20O8. The molecule has 4 fully saturated rings. The van der Waals surface area contributed by atoms with Crippen molar-refractivity contribution >= 4 is 0 Å². The van der Waals surface area contributed by atoms with Crippen molar-refractivity contribution in [2.45, 2.75) is 37.0 Å². The first kappa shape index (κ1) is 14.6. The summed E-state index contributed by atoms with van der Waals surface area (Å²) >= 11 is 0. The van der Waals surface area contributed by atoms with E-state index >= 15 is 0 Å². The van der Waals surface area contributed by atoms with E-state index in [0.29, 0.717) is 0 Å². The van der Waals surface area contributed by atoms with Crippen LogP contribution < -0.4 is 0 Å². The lowest BCUT2D eigenvalue weighted by Gasteiger charge is -2.11. The molecule has 0 aliphatic carbocycles. The highest BCUT2D eigenvalue weighted by Gasteiger charge is 2.47. The van der Waals surface area contributed by atoms with Crippen LogP contribution in [0.5, 0.6) is 0 Å². The highest BCUT2D eigenvalue weighted by Crippen LogP contribution is 2.31. The van der Waals surface area contributed by atoms with Crippen molar-refractivity contribution in [1.82, 2.24) is 0 Å². The molecule has 116 valence electrons. The minimum absolute atomic E-state index is 0.222. The van der Waals surface area contributed by atoms with Crippen LogP contribution in [0.3, 0.4) is 0 Å². The van der Waals surface area contributed by atoms with Gasteiger partial charge in [-0.05, 0) is 0 Å². The van der Waals surface area contributed by atoms with Gasteiger partial charge in [0.25, 0.3) is 0 Å². The van der Waals surface area contributed by atoms with Crippen molar-refractivity contribution in [1.29, 1.82) is 0 Å². The molecule has 4 saturated heterocycles. The Labute approximate surface area is 115 Å². The fourth-order valence-corrected chi connectivity index (χ4v) is 3.00. The quantitative estimate of drug-likeness (QED) is 0.384. The maximum Gasteiger partial charge on any atom is 0.165 e. The lowest BCUT2D eigenvalue weighted by atomic mass is 10.0. The van der Waals surface area contributed by atoms with Gasteiger partial charge in [0.05, 0.1) is 62.7 Å². The minimum atomic E-state index is -0.553. The number of hydrogen-bond donors (Lipinski definition) is 4. The third-order valence-electron chi connectivity index (χ3n) is 4.13. The van der Waals surface area contributed by atoms with Gasteiger partial charge >= 0.3 is 0 Å². The zero-order chi connectivity index (χ0) is 14.3. The smallest absolute Gasteiger partial charge is 0.165 e. The monoisotopic (exact) mass is 292 g/mol. The van der Waals surface area contributed by atoms with E-state index < -0.39 is 24.4 Å². The van der Waals surface area contributed by atoms with Gasteiger partial charge in [-0.25, -0.2) is 0 Å². The molecule has 4 atom stereocenters. The Bertz CT molecular complexity index is 279. The molecule has 0 aromatic heterocycles. The zero-order valence-electron chi connectivity index (χ0n) is 10.9. The molecule has 4 N–H and O–H groups in total. The van der Waals surface area contributed by atoms with E-state index in [0.717, 1.165) is 0 Å². The third-order valence-corrected chi connectivity index (χ3v) is 4.13. The molecule has 0 aromatic carbocycles. The molecule has 0 unspecified atom stereocenters. The molecular weight excluding hydrogens is 272 g/mol. The van der Waals surface area contributed by atoms with Crippen LogP contribution >= 0.6 is 0 Å². The fourth-order valence-electron chi connectivity index (χ4n) is 3.00. The fraction of sp³-hybridized carbons (Fsp3) is 1.00. The first-order valence-corrected chi connectivity index (χ1v) is 6.76. The first-order valence-electron chi connectivity index (χ1n) is 6.76. The standard InChI is InChI=1S/2C6H10O4/c2*7-3-1-9-6-5(3)4(8)2-10-6/h2*3-8H,1-2H2/t2*3-,4-,5?,6?/m10/s1. The van der Waals surface area contributed by atoms with E-state index in [1.807, 2.05) is 0 Å². The summed E-state index contributed by atoms with van der Waals surface area (Å²) in [6.07, 6.45) is -2.95. The molecule has 4 rings (SSSR count). The van der Waals surface area contributed by atoms with Gasteiger partial charge < -0.3 is 39.4 Å². The summed E-state index contributed by atoms with van der Waals surface area (Å²) in [6.45, 7) is 1.14. The number of hydrogen-bond acceptors (Lipinski definition) is 8. The Morgan fingerprint density at radius 1 is 0.500 bits per heavy atom. The predicted molar refractivity (Wildman–Crippen MR) is 62.4 cm³/mol. The van der Waals surface area contributed by atoms with Gasteiger partial charge in [0, 0.05) is 0 Å². The van der Waals surface area contributed by atoms with E-state index in [1.165, 1.54) is 0 Å². The van der Waals surface area contributed by atoms with Crippen molar-refractivity contribution in [3.63, 3.8) is 0 Å². The van der Waals surface area contributed by atoms with Crippen LogP contribution in [0.4, 0.5) is 0 Å². The van der Waals surface area contributed by atoms with Gasteiger partial charge in [-0.15, -0.1) is 0 Å². The topological polar surface area (TPSA) is 118 Å². The van der Waals surface area contributed by atoms with Crippen LogP contribution in [0.25, 0.3) is 0 Å². The maximum absolute atomic E-state index is 9.20. The largest absolute Gasteiger partial charge is 0.390 e. The Hall–Kier alpha value is -0.320. The summed E-state index contributed by atoms with van der Waals surface area (Å²) in [7, 11) is 0. The number of aliphatic hydroxyl groups excluding tert-OH is 4. The van der Waals surface area contributed by atoms with Gasteiger partial charge in [0.15, 0.2) is 12.6 Å². The van der Waals surface area contributed by atoms with E-state index in [-0.39, 0.29) is 50.8 Å². The molecule has 0 bridgehead atoms. The number of fused-ring (bicyclic) bond motifs is 2. The molecule has 4 heterocycles. The van der Waals surface area contributed by atoms with E-state index in [4.69, 9.17) is 18.9 Å². The Balaban J connectivity index is 0.000000121. The lowest BCUT2D eigenvalue weighted by molar-refractivity contribution is -0.0912. The summed E-state index contributed by atoms with van der Waals surface area (Å²) in [5, 5.41) is 36.8. The molecule has 4 aliphatic rings. The summed E-state index contributed by atoms with van der Waals surface area (Å²) in [6, 6.07) is 0. The van der Waals surface area contributed by atoms with E-state index in [2.05, 4.69) is 0 Å². The Morgan fingerprint density at radius 3 is 0.950 bits per heavy atom. The highest BCUT2D eigenvalue weighted by molar-refractivity contribution is 4.89. The Kier molecular flexibility index (Phi) is 4.25. The van der Waals surface area contributed by atoms with Gasteiger partial charge in [-0.2, -0.15) is 0 Å². The normalized spacial score (nSPS) is 53.4. The van der Waals surface area contributed by atoms with Crippen molar-refractivity contribution in [3.05, 3.63) is 0 Å². The van der Waals surface area contributed by atoms with Gasteiger partial charge in [-0.3, -0.25) is 0 Å². The van der Waals surface area contributed by atoms with Gasteiger partial charge in [-0.1, -0.05) is 0 Å². The second kappa shape index (κ2) is 5.82. The third kappa shape index (κ3) is 2.58. The Morgan fingerprint density at radius 2 is 0.750 bits per heavy atom. The van der Waals surface area contributed by atoms with Crippen LogP contribution in [0.15, 0.2) is 0 Å². The summed E-state index contributed by atoms with van der Waals surface area (Å²) in [5.41, 5.74) is 0. The highest BCUT2D eigenvalue weighted by atomic mass is 16.7. The molecule has 20 heavy (non-hydrogen) atoms. The SMILES string of the molecule is O[C@@H]1COC2OC[C@@H](O)C21.O[C@H]1COC2OC[C@H](O)C21. The van der Waals surface area contributed by atoms with Crippen molar-refractivity contribution in [3.8, 4) is 0 Å². The lowest BCUT2D eigenvalue weighted by Crippen LogP contribution is -2.29. The van der Waals surface area contributed by atoms with Crippen molar-refractivity contribution in [2.24, 2.45) is 11.8 Å². The van der Waals surface area contributed by atoms with Crippen LogP contribution in [0, 0.1) is 11.8 Å². The first-order chi connectivity index (χ1) is 9.58. The average Bonchev–Trinajstić information content (AvgIpc) is 3.13. The summed E-state index contributed by atoms with van der Waals surface area (Å²) in [4.78, 5) is 0. The van der Waals surface area contributed by atoms with E-state index in [9.17, 15) is 20.4 Å². The number of ether oxygens (including phenoxy) is 4. The molecule has 0 saturated carbocycles. The van der Waals surface area contributed by atoms with Crippen molar-refractivity contribution in [2.75, 3.05) is 26.4 Å². The van der Waals surface area contributed by atoms with Crippen LogP contribution in [-0.4, -0.2) is 83.8 Å². The van der Waals surface area contributed by atoms with Gasteiger partial charge in [0.2, 0.25) is 0 Å². The average molecular weight is 292 g/mol. The molecule has 0 amide bonds. The maximum atomic E-state index is 9.20. The number of rotatable bonds is 0. The molecule has 0 radical (unpaired) electrons.